The molecule has 3 heteroatoms. The van der Waals surface area contributed by atoms with Crippen LogP contribution in [0.2, 0.25) is 0 Å². The molecule has 0 aliphatic rings. The van der Waals surface area contributed by atoms with Crippen LogP contribution >= 0.6 is 0 Å². The zero-order valence-corrected chi connectivity index (χ0v) is 7.09. The number of nitrogens with one attached hydrogen (secondary N) is 1. The highest BCUT2D eigenvalue weighted by Crippen LogP contribution is 2.19. The van der Waals surface area contributed by atoms with E-state index in [1.54, 1.807) is 6.07 Å². The first-order chi connectivity index (χ1) is 5.76. The highest BCUT2D eigenvalue weighted by molar-refractivity contribution is 5.59. The lowest BCUT2D eigenvalue weighted by Crippen LogP contribution is -1.87. The van der Waals surface area contributed by atoms with Crippen molar-refractivity contribution < 1.29 is 4.79 Å². The van der Waals surface area contributed by atoms with Crippen molar-refractivity contribution in [3.05, 3.63) is 23.8 Å². The Labute approximate surface area is 71.1 Å². The number of hydrogen-bond acceptors (Lipinski definition) is 3. The molecule has 1 rings (SSSR count). The summed E-state index contributed by atoms with van der Waals surface area (Å²) in [7, 11) is 1.82. The van der Waals surface area contributed by atoms with Crippen molar-refractivity contribution in [2.45, 2.75) is 6.92 Å². The van der Waals surface area contributed by atoms with Crippen LogP contribution in [0.25, 0.3) is 0 Å². The molecule has 0 unspecified atom stereocenters. The molecule has 0 saturated heterocycles. The Hall–Kier alpha value is -1.60. The van der Waals surface area contributed by atoms with Crippen molar-refractivity contribution in [3.63, 3.8) is 0 Å². The molecule has 0 fully saturated rings. The van der Waals surface area contributed by atoms with Crippen molar-refractivity contribution in [2.24, 2.45) is 4.99 Å². The lowest BCUT2D eigenvalue weighted by molar-refractivity contribution is 0.565. The molecule has 0 radical (unpaired) electrons. The summed E-state index contributed by atoms with van der Waals surface area (Å²) in [5, 5.41) is 2.98. The van der Waals surface area contributed by atoms with Crippen LogP contribution in [0.5, 0.6) is 0 Å². The van der Waals surface area contributed by atoms with Gasteiger partial charge >= 0.3 is 0 Å². The average Bonchev–Trinajstić information content (AvgIpc) is 2.04. The van der Waals surface area contributed by atoms with Crippen molar-refractivity contribution in [2.75, 3.05) is 12.4 Å². The Morgan fingerprint density at radius 1 is 1.42 bits per heavy atom. The minimum Gasteiger partial charge on any atom is -0.388 e. The Kier molecular flexibility index (Phi) is 2.62. The fourth-order valence-electron chi connectivity index (χ4n) is 1.02. The van der Waals surface area contributed by atoms with Crippen molar-refractivity contribution in [3.8, 4) is 0 Å². The monoisotopic (exact) mass is 162 g/mol. The molecule has 1 N–H and O–H groups in total. The maximum atomic E-state index is 9.97. The number of benzene rings is 1. The van der Waals surface area contributed by atoms with Gasteiger partial charge in [-0.05, 0) is 30.7 Å². The number of aliphatic imine (C=N–C) groups is 1. The maximum absolute atomic E-state index is 9.97. The third-order valence-electron chi connectivity index (χ3n) is 1.53. The number of nitrogens with zero attached hydrogens (tertiary/aromatic N) is 1. The smallest absolute Gasteiger partial charge is 0.240 e. The summed E-state index contributed by atoms with van der Waals surface area (Å²) >= 11 is 0. The van der Waals surface area contributed by atoms with Crippen LogP contribution in [0.4, 0.5) is 11.4 Å². The SMILES string of the molecule is CNc1cc(C)cc(N=C=O)c1. The second-order valence-electron chi connectivity index (χ2n) is 2.51. The van der Waals surface area contributed by atoms with Gasteiger partial charge in [0.05, 0.1) is 5.69 Å². The third-order valence-corrected chi connectivity index (χ3v) is 1.53. The number of anilines is 1. The van der Waals surface area contributed by atoms with Crippen LogP contribution in [0, 0.1) is 6.92 Å². The summed E-state index contributed by atoms with van der Waals surface area (Å²) in [6.45, 7) is 1.95. The minimum absolute atomic E-state index is 0.634. The van der Waals surface area contributed by atoms with E-state index in [0.717, 1.165) is 11.3 Å². The van der Waals surface area contributed by atoms with Gasteiger partial charge in [0.15, 0.2) is 0 Å². The molecule has 0 aliphatic carbocycles. The van der Waals surface area contributed by atoms with Crippen LogP contribution in [0.1, 0.15) is 5.56 Å². The molecule has 1 aromatic carbocycles. The van der Waals surface area contributed by atoms with Crippen LogP contribution in [0.3, 0.4) is 0 Å². The standard InChI is InChI=1S/C9H10N2O/c1-7-3-8(10-2)5-9(4-7)11-6-12/h3-5,10H,1-2H3. The molecule has 0 heterocycles. The van der Waals surface area contributed by atoms with Gasteiger partial charge in [-0.1, -0.05) is 0 Å². The Bertz CT molecular complexity index is 327. The third kappa shape index (κ3) is 1.94. The minimum atomic E-state index is 0.634. The van der Waals surface area contributed by atoms with Crippen LogP contribution in [-0.2, 0) is 4.79 Å². The van der Waals surface area contributed by atoms with Gasteiger partial charge in [0, 0.05) is 12.7 Å². The lowest BCUT2D eigenvalue weighted by Gasteiger charge is -2.01. The molecule has 1 aromatic rings. The van der Waals surface area contributed by atoms with E-state index in [1.807, 2.05) is 26.1 Å². The van der Waals surface area contributed by atoms with Gasteiger partial charge in [-0.2, -0.15) is 4.99 Å². The van der Waals surface area contributed by atoms with Crippen LogP contribution in [0.15, 0.2) is 23.2 Å². The molecule has 0 spiro atoms. The van der Waals surface area contributed by atoms with Gasteiger partial charge < -0.3 is 5.32 Å². The number of aryl methyl sites for hydroxylation is 1. The summed E-state index contributed by atoms with van der Waals surface area (Å²) in [5.41, 5.74) is 2.65. The maximum Gasteiger partial charge on any atom is 0.240 e. The summed E-state index contributed by atoms with van der Waals surface area (Å²) in [6.07, 6.45) is 1.51. The van der Waals surface area contributed by atoms with Crippen LogP contribution < -0.4 is 5.32 Å². The predicted octanol–water partition coefficient (Wildman–Crippen LogP) is 2.00. The molecular formula is C9H10N2O. The van der Waals surface area contributed by atoms with Gasteiger partial charge in [0.2, 0.25) is 6.08 Å². The van der Waals surface area contributed by atoms with Gasteiger partial charge in [-0.25, -0.2) is 4.79 Å². The van der Waals surface area contributed by atoms with Gasteiger partial charge in [0.25, 0.3) is 0 Å². The number of rotatable bonds is 2. The van der Waals surface area contributed by atoms with Crippen molar-refractivity contribution in [1.29, 1.82) is 0 Å². The Morgan fingerprint density at radius 2 is 2.17 bits per heavy atom. The summed E-state index contributed by atoms with van der Waals surface area (Å²) in [5.74, 6) is 0. The van der Waals surface area contributed by atoms with Crippen molar-refractivity contribution >= 4 is 17.5 Å². The fraction of sp³-hybridized carbons (Fsp3) is 0.222. The normalized spacial score (nSPS) is 8.83. The predicted molar refractivity (Wildman–Crippen MR) is 48.5 cm³/mol. The number of isocyanates is 1. The van der Waals surface area contributed by atoms with E-state index in [2.05, 4.69) is 10.3 Å². The highest BCUT2D eigenvalue weighted by Gasteiger charge is 1.94. The molecule has 12 heavy (non-hydrogen) atoms. The number of hydrogen-bond donors (Lipinski definition) is 1. The molecule has 62 valence electrons. The molecule has 0 bridgehead atoms. The van der Waals surface area contributed by atoms with Gasteiger partial charge in [0.1, 0.15) is 0 Å². The molecule has 0 atom stereocenters. The Morgan fingerprint density at radius 3 is 2.75 bits per heavy atom. The first-order valence-electron chi connectivity index (χ1n) is 3.63. The molecule has 0 amide bonds. The van der Waals surface area contributed by atoms with E-state index in [1.165, 1.54) is 6.08 Å². The van der Waals surface area contributed by atoms with E-state index < -0.39 is 0 Å². The van der Waals surface area contributed by atoms with Crippen molar-refractivity contribution in [1.82, 2.24) is 0 Å². The lowest BCUT2D eigenvalue weighted by atomic mass is 10.2. The van der Waals surface area contributed by atoms with E-state index in [4.69, 9.17) is 0 Å². The first-order valence-corrected chi connectivity index (χ1v) is 3.63. The zero-order valence-electron chi connectivity index (χ0n) is 7.09. The summed E-state index contributed by atoms with van der Waals surface area (Å²) < 4.78 is 0. The van der Waals surface area contributed by atoms with E-state index in [9.17, 15) is 4.79 Å². The average molecular weight is 162 g/mol. The van der Waals surface area contributed by atoms with Crippen LogP contribution in [-0.4, -0.2) is 13.1 Å². The molecule has 0 aliphatic heterocycles. The van der Waals surface area contributed by atoms with E-state index in [0.29, 0.717) is 5.69 Å². The molecule has 0 aromatic heterocycles. The highest BCUT2D eigenvalue weighted by atomic mass is 16.1. The Balaban J connectivity index is 3.14. The molecule has 0 saturated carbocycles. The summed E-state index contributed by atoms with van der Waals surface area (Å²) in [4.78, 5) is 13.5. The van der Waals surface area contributed by atoms with E-state index in [-0.39, 0.29) is 0 Å². The van der Waals surface area contributed by atoms with E-state index >= 15 is 0 Å². The quantitative estimate of drug-likeness (QED) is 0.533. The largest absolute Gasteiger partial charge is 0.388 e. The van der Waals surface area contributed by atoms with Gasteiger partial charge in [-0.15, -0.1) is 0 Å². The second kappa shape index (κ2) is 3.69. The number of carbonyl (C=O) groups excluding carboxylic acids is 1. The first kappa shape index (κ1) is 8.50. The topological polar surface area (TPSA) is 41.5 Å². The van der Waals surface area contributed by atoms with Gasteiger partial charge in [-0.3, -0.25) is 0 Å². The molecule has 3 nitrogen and oxygen atoms in total. The second-order valence-corrected chi connectivity index (χ2v) is 2.51. The molecular weight excluding hydrogens is 152 g/mol. The summed E-state index contributed by atoms with van der Waals surface area (Å²) in [6, 6.07) is 5.59. The fourth-order valence-corrected chi connectivity index (χ4v) is 1.02. The zero-order chi connectivity index (χ0) is 8.97.